The smallest absolute Gasteiger partial charge is 0.112 e. The molecule has 4 atom stereocenters. The number of aliphatic hydroxyl groups excluding tert-OH is 3. The molecule has 0 aromatic rings. The van der Waals surface area contributed by atoms with Crippen molar-refractivity contribution in [2.24, 2.45) is 10.8 Å². The monoisotopic (exact) mass is 272 g/mol. The van der Waals surface area contributed by atoms with Gasteiger partial charge in [-0.1, -0.05) is 41.5 Å². The first-order valence-corrected chi connectivity index (χ1v) is 7.13. The summed E-state index contributed by atoms with van der Waals surface area (Å²) in [6.07, 6.45) is -1.96. The Balaban J connectivity index is 2.54. The van der Waals surface area contributed by atoms with E-state index in [9.17, 15) is 15.3 Å². The molecule has 0 saturated carbocycles. The fourth-order valence-corrected chi connectivity index (χ4v) is 3.88. The van der Waals surface area contributed by atoms with Crippen molar-refractivity contribution in [2.45, 2.75) is 83.9 Å². The van der Waals surface area contributed by atoms with Crippen LogP contribution in [0.5, 0.6) is 0 Å². The number of fused-ring (bicyclic) bond motifs is 2. The van der Waals surface area contributed by atoms with Crippen LogP contribution in [0.15, 0.2) is 0 Å². The Bertz CT molecular complexity index is 333. The minimum absolute atomic E-state index is 0.305. The molecule has 0 aromatic carbocycles. The van der Waals surface area contributed by atoms with Gasteiger partial charge in [0.1, 0.15) is 29.5 Å². The van der Waals surface area contributed by atoms with Gasteiger partial charge in [-0.2, -0.15) is 0 Å². The van der Waals surface area contributed by atoms with Crippen LogP contribution in [0.4, 0.5) is 0 Å². The zero-order chi connectivity index (χ0) is 14.9. The van der Waals surface area contributed by atoms with Gasteiger partial charge in [-0.05, 0) is 23.7 Å². The second-order valence-corrected chi connectivity index (χ2v) is 8.26. The van der Waals surface area contributed by atoms with Crippen molar-refractivity contribution in [1.29, 1.82) is 0 Å². The van der Waals surface area contributed by atoms with Crippen LogP contribution in [0.2, 0.25) is 0 Å². The Morgan fingerprint density at radius 3 is 1.37 bits per heavy atom. The van der Waals surface area contributed by atoms with Crippen molar-refractivity contribution in [2.75, 3.05) is 0 Å². The van der Waals surface area contributed by atoms with Gasteiger partial charge in [-0.15, -0.1) is 0 Å². The van der Waals surface area contributed by atoms with Crippen LogP contribution in [0, 0.1) is 10.8 Å². The normalized spacial score (nSPS) is 47.5. The first-order valence-electron chi connectivity index (χ1n) is 7.13. The van der Waals surface area contributed by atoms with E-state index >= 15 is 0 Å². The Hall–Kier alpha value is -0.160. The molecule has 2 saturated heterocycles. The molecule has 0 aliphatic carbocycles. The molecule has 0 amide bonds. The quantitative estimate of drug-likeness (QED) is 0.624. The van der Waals surface area contributed by atoms with Crippen LogP contribution in [0.3, 0.4) is 0 Å². The lowest BCUT2D eigenvalue weighted by molar-refractivity contribution is -0.324. The van der Waals surface area contributed by atoms with Crippen LogP contribution in [-0.4, -0.2) is 44.8 Å². The van der Waals surface area contributed by atoms with Crippen molar-refractivity contribution >= 4 is 0 Å². The molecule has 112 valence electrons. The molecule has 2 heterocycles. The van der Waals surface area contributed by atoms with Crippen molar-refractivity contribution in [3.05, 3.63) is 0 Å². The molecule has 19 heavy (non-hydrogen) atoms. The maximum Gasteiger partial charge on any atom is 0.112 e. The standard InChI is InChI=1S/C15H28O4/c1-12(2,3)14-7-8-15(19-14,13(4,5)6)11(18)9(16)10(14)17/h9-11,16-18H,7-8H2,1-6H3. The number of aliphatic hydroxyl groups is 3. The SMILES string of the molecule is CC(C)(C)C12CCC(C(C)(C)C)(O1)C(O)C(O)C2O. The number of hydrogen-bond donors (Lipinski definition) is 3. The fourth-order valence-electron chi connectivity index (χ4n) is 3.88. The summed E-state index contributed by atoms with van der Waals surface area (Å²) in [6.45, 7) is 12.1. The van der Waals surface area contributed by atoms with E-state index in [1.165, 1.54) is 0 Å². The van der Waals surface area contributed by atoms with Crippen LogP contribution < -0.4 is 0 Å². The maximum absolute atomic E-state index is 10.5. The summed E-state index contributed by atoms with van der Waals surface area (Å²) in [7, 11) is 0. The molecule has 0 spiro atoms. The summed E-state index contributed by atoms with van der Waals surface area (Å²) in [4.78, 5) is 0. The molecule has 2 fully saturated rings. The van der Waals surface area contributed by atoms with E-state index in [0.29, 0.717) is 12.8 Å². The molecule has 2 aliphatic heterocycles. The summed E-state index contributed by atoms with van der Waals surface area (Å²) >= 11 is 0. The highest BCUT2D eigenvalue weighted by Crippen LogP contribution is 2.60. The van der Waals surface area contributed by atoms with Crippen LogP contribution in [0.25, 0.3) is 0 Å². The number of rotatable bonds is 0. The van der Waals surface area contributed by atoms with Gasteiger partial charge < -0.3 is 20.1 Å². The third-order valence-electron chi connectivity index (χ3n) is 5.37. The predicted molar refractivity (Wildman–Crippen MR) is 72.7 cm³/mol. The zero-order valence-electron chi connectivity index (χ0n) is 12.9. The molecule has 2 bridgehead atoms. The molecule has 4 unspecified atom stereocenters. The highest BCUT2D eigenvalue weighted by Gasteiger charge is 2.70. The van der Waals surface area contributed by atoms with Crippen molar-refractivity contribution in [3.8, 4) is 0 Å². The van der Waals surface area contributed by atoms with Gasteiger partial charge in [-0.25, -0.2) is 0 Å². The molecule has 2 aliphatic rings. The summed E-state index contributed by atoms with van der Waals surface area (Å²) < 4.78 is 6.34. The van der Waals surface area contributed by atoms with Gasteiger partial charge in [0.2, 0.25) is 0 Å². The molecule has 0 aromatic heterocycles. The van der Waals surface area contributed by atoms with E-state index in [1.54, 1.807) is 0 Å². The number of hydrogen-bond acceptors (Lipinski definition) is 4. The van der Waals surface area contributed by atoms with E-state index < -0.39 is 29.5 Å². The van der Waals surface area contributed by atoms with Gasteiger partial charge in [0, 0.05) is 0 Å². The van der Waals surface area contributed by atoms with E-state index in [1.807, 2.05) is 41.5 Å². The first kappa shape index (κ1) is 15.2. The minimum atomic E-state index is -1.16. The summed E-state index contributed by atoms with van der Waals surface area (Å²) in [5.74, 6) is 0. The van der Waals surface area contributed by atoms with E-state index in [0.717, 1.165) is 0 Å². The largest absolute Gasteiger partial charge is 0.387 e. The molecule has 2 rings (SSSR count). The van der Waals surface area contributed by atoms with Crippen LogP contribution in [-0.2, 0) is 4.74 Å². The lowest BCUT2D eigenvalue weighted by Gasteiger charge is -2.57. The molecule has 4 nitrogen and oxygen atoms in total. The average molecular weight is 272 g/mol. The van der Waals surface area contributed by atoms with Crippen molar-refractivity contribution in [3.63, 3.8) is 0 Å². The van der Waals surface area contributed by atoms with E-state index in [-0.39, 0.29) is 10.8 Å². The predicted octanol–water partition coefficient (Wildman–Crippen LogP) is 1.46. The highest BCUT2D eigenvalue weighted by molar-refractivity contribution is 5.19. The van der Waals surface area contributed by atoms with Gasteiger partial charge in [0.25, 0.3) is 0 Å². The number of ether oxygens (including phenoxy) is 1. The van der Waals surface area contributed by atoms with Crippen LogP contribution in [0.1, 0.15) is 54.4 Å². The second-order valence-electron chi connectivity index (χ2n) is 8.26. The zero-order valence-corrected chi connectivity index (χ0v) is 12.9. The summed E-state index contributed by atoms with van der Waals surface area (Å²) in [5, 5.41) is 31.2. The first-order chi connectivity index (χ1) is 8.39. The minimum Gasteiger partial charge on any atom is -0.387 e. The fraction of sp³-hybridized carbons (Fsp3) is 1.00. The van der Waals surface area contributed by atoms with E-state index in [4.69, 9.17) is 4.74 Å². The highest BCUT2D eigenvalue weighted by atomic mass is 16.6. The summed E-state index contributed by atoms with van der Waals surface area (Å²) in [5.41, 5.74) is -2.20. The second kappa shape index (κ2) is 3.94. The molecule has 0 radical (unpaired) electrons. The Morgan fingerprint density at radius 2 is 1.11 bits per heavy atom. The lowest BCUT2D eigenvalue weighted by Crippen LogP contribution is -2.71. The average Bonchev–Trinajstić information content (AvgIpc) is 2.63. The topological polar surface area (TPSA) is 69.9 Å². The third kappa shape index (κ3) is 1.73. The maximum atomic E-state index is 10.5. The van der Waals surface area contributed by atoms with Gasteiger partial charge in [0.15, 0.2) is 0 Å². The van der Waals surface area contributed by atoms with Crippen molar-refractivity contribution in [1.82, 2.24) is 0 Å². The van der Waals surface area contributed by atoms with Gasteiger partial charge >= 0.3 is 0 Å². The Kier molecular flexibility index (Phi) is 3.16. The van der Waals surface area contributed by atoms with Crippen LogP contribution >= 0.6 is 0 Å². The van der Waals surface area contributed by atoms with E-state index in [2.05, 4.69) is 0 Å². The third-order valence-corrected chi connectivity index (χ3v) is 5.37. The van der Waals surface area contributed by atoms with Gasteiger partial charge in [-0.3, -0.25) is 0 Å². The Morgan fingerprint density at radius 1 is 0.789 bits per heavy atom. The Labute approximate surface area is 115 Å². The summed E-state index contributed by atoms with van der Waals surface area (Å²) in [6, 6.07) is 0. The van der Waals surface area contributed by atoms with Gasteiger partial charge in [0.05, 0.1) is 0 Å². The molecular formula is C15H28O4. The molecule has 4 heteroatoms. The molecule has 3 N–H and O–H groups in total. The van der Waals surface area contributed by atoms with Crippen molar-refractivity contribution < 1.29 is 20.1 Å². The lowest BCUT2D eigenvalue weighted by atomic mass is 9.67. The molecular weight excluding hydrogens is 244 g/mol.